The van der Waals surface area contributed by atoms with Crippen molar-refractivity contribution in [3.05, 3.63) is 5.82 Å². The van der Waals surface area contributed by atoms with E-state index >= 15 is 0 Å². The van der Waals surface area contributed by atoms with Gasteiger partial charge in [0.05, 0.1) is 18.4 Å². The maximum atomic E-state index is 11.4. The Morgan fingerprint density at radius 3 is 3.00 bits per heavy atom. The van der Waals surface area contributed by atoms with Crippen LogP contribution in [0.5, 0.6) is 0 Å². The first-order valence-corrected chi connectivity index (χ1v) is 6.60. The molecule has 0 spiro atoms. The van der Waals surface area contributed by atoms with Crippen molar-refractivity contribution < 1.29 is 4.79 Å². The highest BCUT2D eigenvalue weighted by molar-refractivity contribution is 7.99. The molecule has 0 atom stereocenters. The molecule has 0 saturated carbocycles. The van der Waals surface area contributed by atoms with E-state index in [9.17, 15) is 4.79 Å². The number of nitrogens with zero attached hydrogens (tertiary/aromatic N) is 4. The number of nitrogens with two attached hydrogens (primary N) is 1. The largest absolute Gasteiger partial charge is 0.342 e. The fraction of sp³-hybridized carbons (Fsp3) is 0.600. The van der Waals surface area contributed by atoms with Gasteiger partial charge in [0.1, 0.15) is 12.4 Å². The minimum Gasteiger partial charge on any atom is -0.342 e. The van der Waals surface area contributed by atoms with Crippen LogP contribution in [0.4, 0.5) is 0 Å². The molecule has 1 amide bonds. The Labute approximate surface area is 110 Å². The number of carbonyl (C=O) groups is 1. The van der Waals surface area contributed by atoms with Crippen molar-refractivity contribution in [2.75, 3.05) is 12.3 Å². The smallest absolute Gasteiger partial charge is 0.231 e. The summed E-state index contributed by atoms with van der Waals surface area (Å²) in [5.41, 5.74) is 5.57. The lowest BCUT2D eigenvalue weighted by Crippen LogP contribution is -2.25. The first-order chi connectivity index (χ1) is 8.72. The van der Waals surface area contributed by atoms with Crippen molar-refractivity contribution in [3.8, 4) is 6.07 Å². The third-order valence-corrected chi connectivity index (χ3v) is 3.09. The van der Waals surface area contributed by atoms with E-state index < -0.39 is 0 Å². The fourth-order valence-corrected chi connectivity index (χ4v) is 2.16. The predicted octanol–water partition coefficient (Wildman–Crippen LogP) is -0.121. The highest BCUT2D eigenvalue weighted by Gasteiger charge is 2.12. The standard InChI is InChI=1S/C10H16N6OS/c1-2-5-16-8(6-12)14-15-10(16)18-7-9(17)13-4-3-11/h2,4-7,12H2,1H3,(H,13,17). The Balaban J connectivity index is 2.59. The summed E-state index contributed by atoms with van der Waals surface area (Å²) < 4.78 is 1.92. The van der Waals surface area contributed by atoms with Gasteiger partial charge in [0.2, 0.25) is 5.91 Å². The zero-order valence-electron chi connectivity index (χ0n) is 10.2. The minimum absolute atomic E-state index is 0.0229. The van der Waals surface area contributed by atoms with Crippen LogP contribution in [0, 0.1) is 11.3 Å². The monoisotopic (exact) mass is 268 g/mol. The third kappa shape index (κ3) is 4.01. The van der Waals surface area contributed by atoms with E-state index in [1.54, 1.807) is 0 Å². The molecule has 1 aromatic rings. The number of hydrogen-bond donors (Lipinski definition) is 2. The molecule has 0 aliphatic heterocycles. The molecule has 0 saturated heterocycles. The molecule has 0 unspecified atom stereocenters. The van der Waals surface area contributed by atoms with Gasteiger partial charge < -0.3 is 15.6 Å². The van der Waals surface area contributed by atoms with Crippen LogP contribution in [0.1, 0.15) is 19.2 Å². The second kappa shape index (κ2) is 7.68. The average Bonchev–Trinajstić information content (AvgIpc) is 2.76. The number of aromatic nitrogens is 3. The summed E-state index contributed by atoms with van der Waals surface area (Å²) in [5.74, 6) is 0.743. The quantitative estimate of drug-likeness (QED) is 0.527. The number of rotatable bonds is 7. The first-order valence-electron chi connectivity index (χ1n) is 5.61. The zero-order valence-corrected chi connectivity index (χ0v) is 11.0. The molecule has 3 N–H and O–H groups in total. The molecule has 18 heavy (non-hydrogen) atoms. The molecule has 0 radical (unpaired) electrons. The van der Waals surface area contributed by atoms with Gasteiger partial charge in [0.15, 0.2) is 5.16 Å². The molecule has 0 aliphatic rings. The van der Waals surface area contributed by atoms with Gasteiger partial charge in [-0.25, -0.2) is 0 Å². The SMILES string of the molecule is CCCn1c(CN)nnc1SCC(=O)NCC#N. The van der Waals surface area contributed by atoms with Gasteiger partial charge in [-0.2, -0.15) is 5.26 Å². The normalized spacial score (nSPS) is 10.1. The summed E-state index contributed by atoms with van der Waals surface area (Å²) in [5, 5.41) is 19.5. The van der Waals surface area contributed by atoms with Gasteiger partial charge in [-0.1, -0.05) is 18.7 Å². The summed E-state index contributed by atoms with van der Waals surface area (Å²) in [6, 6.07) is 1.85. The van der Waals surface area contributed by atoms with Crippen LogP contribution in [0.15, 0.2) is 5.16 Å². The van der Waals surface area contributed by atoms with Crippen LogP contribution in [-0.2, 0) is 17.9 Å². The van der Waals surface area contributed by atoms with E-state index in [-0.39, 0.29) is 18.2 Å². The maximum absolute atomic E-state index is 11.4. The van der Waals surface area contributed by atoms with Crippen molar-refractivity contribution >= 4 is 17.7 Å². The van der Waals surface area contributed by atoms with Gasteiger partial charge >= 0.3 is 0 Å². The van der Waals surface area contributed by atoms with Crippen molar-refractivity contribution in [2.45, 2.75) is 31.6 Å². The number of hydrogen-bond acceptors (Lipinski definition) is 6. The Bertz CT molecular complexity index is 438. The number of nitriles is 1. The van der Waals surface area contributed by atoms with Crippen LogP contribution in [0.2, 0.25) is 0 Å². The molecular weight excluding hydrogens is 252 g/mol. The van der Waals surface area contributed by atoms with E-state index in [2.05, 4.69) is 15.5 Å². The molecule has 7 nitrogen and oxygen atoms in total. The molecule has 1 rings (SSSR count). The van der Waals surface area contributed by atoms with Gasteiger partial charge in [-0.3, -0.25) is 4.79 Å². The molecule has 0 aliphatic carbocycles. The molecule has 0 bridgehead atoms. The molecular formula is C10H16N6OS. The molecule has 98 valence electrons. The molecule has 1 aromatic heterocycles. The summed E-state index contributed by atoms with van der Waals surface area (Å²) in [6.07, 6.45) is 0.944. The lowest BCUT2D eigenvalue weighted by molar-refractivity contribution is -0.118. The van der Waals surface area contributed by atoms with Crippen molar-refractivity contribution in [2.24, 2.45) is 5.73 Å². The molecule has 0 fully saturated rings. The summed E-state index contributed by atoms with van der Waals surface area (Å²) in [4.78, 5) is 11.4. The highest BCUT2D eigenvalue weighted by Crippen LogP contribution is 2.17. The van der Waals surface area contributed by atoms with E-state index in [0.717, 1.165) is 18.8 Å². The number of nitrogens with one attached hydrogen (secondary N) is 1. The van der Waals surface area contributed by atoms with Gasteiger partial charge in [-0.05, 0) is 6.42 Å². The Kier molecular flexibility index (Phi) is 6.18. The Morgan fingerprint density at radius 1 is 1.61 bits per heavy atom. The van der Waals surface area contributed by atoms with Crippen LogP contribution in [-0.4, -0.2) is 33.0 Å². The average molecular weight is 268 g/mol. The fourth-order valence-electron chi connectivity index (χ4n) is 1.34. The van der Waals surface area contributed by atoms with Gasteiger partial charge in [-0.15, -0.1) is 10.2 Å². The maximum Gasteiger partial charge on any atom is 0.231 e. The lowest BCUT2D eigenvalue weighted by Gasteiger charge is -2.07. The van der Waals surface area contributed by atoms with Gasteiger partial charge in [0, 0.05) is 6.54 Å². The minimum atomic E-state index is -0.193. The predicted molar refractivity (Wildman–Crippen MR) is 67.6 cm³/mol. The third-order valence-electron chi connectivity index (χ3n) is 2.12. The van der Waals surface area contributed by atoms with Gasteiger partial charge in [0.25, 0.3) is 0 Å². The molecule has 8 heteroatoms. The number of thioether (sulfide) groups is 1. The lowest BCUT2D eigenvalue weighted by atomic mass is 10.4. The highest BCUT2D eigenvalue weighted by atomic mass is 32.2. The second-order valence-electron chi connectivity index (χ2n) is 3.48. The van der Waals surface area contributed by atoms with Crippen LogP contribution in [0.3, 0.4) is 0 Å². The number of amides is 1. The second-order valence-corrected chi connectivity index (χ2v) is 4.42. The van der Waals surface area contributed by atoms with Crippen molar-refractivity contribution in [1.82, 2.24) is 20.1 Å². The Morgan fingerprint density at radius 2 is 2.39 bits per heavy atom. The zero-order chi connectivity index (χ0) is 13.4. The topological polar surface area (TPSA) is 110 Å². The van der Waals surface area contributed by atoms with E-state index in [4.69, 9.17) is 11.0 Å². The first kappa shape index (κ1) is 14.5. The van der Waals surface area contributed by atoms with Crippen LogP contribution >= 0.6 is 11.8 Å². The van der Waals surface area contributed by atoms with Crippen LogP contribution in [0.25, 0.3) is 0 Å². The summed E-state index contributed by atoms with van der Waals surface area (Å²) >= 11 is 1.29. The molecule has 1 heterocycles. The van der Waals surface area contributed by atoms with E-state index in [1.165, 1.54) is 11.8 Å². The number of carbonyl (C=O) groups excluding carboxylic acids is 1. The summed E-state index contributed by atoms with van der Waals surface area (Å²) in [6.45, 7) is 3.18. The van der Waals surface area contributed by atoms with E-state index in [0.29, 0.717) is 11.7 Å². The molecule has 0 aromatic carbocycles. The van der Waals surface area contributed by atoms with Crippen molar-refractivity contribution in [1.29, 1.82) is 5.26 Å². The Hall–Kier alpha value is -1.59. The van der Waals surface area contributed by atoms with Crippen LogP contribution < -0.4 is 11.1 Å². The summed E-state index contributed by atoms with van der Waals surface area (Å²) in [7, 11) is 0. The van der Waals surface area contributed by atoms with Crippen molar-refractivity contribution in [3.63, 3.8) is 0 Å². The van der Waals surface area contributed by atoms with E-state index in [1.807, 2.05) is 17.6 Å².